The molecule has 0 spiro atoms. The standard InChI is InChI=1S/C17H17BrO2/c18-12-15-3-1-2-4-16(15)19-9-7-13-5-6-17-14(11-13)8-10-20-17/h1-6,11H,7-10,12H2. The molecule has 0 amide bonds. The zero-order chi connectivity index (χ0) is 13.8. The van der Waals surface area contributed by atoms with E-state index in [1.807, 2.05) is 18.2 Å². The van der Waals surface area contributed by atoms with Crippen LogP contribution in [-0.2, 0) is 18.2 Å². The number of ether oxygens (including phenoxy) is 2. The van der Waals surface area contributed by atoms with Gasteiger partial charge in [0.15, 0.2) is 0 Å². The molecule has 1 heterocycles. The number of halogens is 1. The van der Waals surface area contributed by atoms with Gasteiger partial charge in [-0.2, -0.15) is 0 Å². The van der Waals surface area contributed by atoms with Crippen molar-refractivity contribution in [2.75, 3.05) is 13.2 Å². The number of alkyl halides is 1. The van der Waals surface area contributed by atoms with Gasteiger partial charge in [-0.3, -0.25) is 0 Å². The van der Waals surface area contributed by atoms with Gasteiger partial charge in [0.05, 0.1) is 13.2 Å². The predicted molar refractivity (Wildman–Crippen MR) is 83.9 cm³/mol. The van der Waals surface area contributed by atoms with Gasteiger partial charge in [-0.05, 0) is 23.3 Å². The second kappa shape index (κ2) is 6.31. The minimum atomic E-state index is 0.698. The van der Waals surface area contributed by atoms with Gasteiger partial charge in [-0.15, -0.1) is 0 Å². The van der Waals surface area contributed by atoms with Crippen LogP contribution in [-0.4, -0.2) is 13.2 Å². The predicted octanol–water partition coefficient (Wildman–Crippen LogP) is 4.14. The smallest absolute Gasteiger partial charge is 0.123 e. The highest BCUT2D eigenvalue weighted by molar-refractivity contribution is 9.08. The van der Waals surface area contributed by atoms with Gasteiger partial charge < -0.3 is 9.47 Å². The molecule has 0 saturated carbocycles. The van der Waals surface area contributed by atoms with E-state index in [-0.39, 0.29) is 0 Å². The Kier molecular flexibility index (Phi) is 4.26. The fraction of sp³-hybridized carbons (Fsp3) is 0.294. The first-order valence-electron chi connectivity index (χ1n) is 6.88. The van der Waals surface area contributed by atoms with Crippen molar-refractivity contribution < 1.29 is 9.47 Å². The summed E-state index contributed by atoms with van der Waals surface area (Å²) < 4.78 is 11.4. The molecular weight excluding hydrogens is 316 g/mol. The van der Waals surface area contributed by atoms with E-state index in [9.17, 15) is 0 Å². The molecule has 1 aliphatic rings. The second-order valence-corrected chi connectivity index (χ2v) is 5.44. The van der Waals surface area contributed by atoms with Gasteiger partial charge in [-0.25, -0.2) is 0 Å². The third kappa shape index (κ3) is 2.98. The third-order valence-corrected chi connectivity index (χ3v) is 4.12. The van der Waals surface area contributed by atoms with Crippen molar-refractivity contribution in [3.63, 3.8) is 0 Å². The first-order valence-corrected chi connectivity index (χ1v) is 8.00. The molecule has 0 atom stereocenters. The maximum Gasteiger partial charge on any atom is 0.123 e. The lowest BCUT2D eigenvalue weighted by atomic mass is 10.1. The lowest BCUT2D eigenvalue weighted by molar-refractivity contribution is 0.319. The topological polar surface area (TPSA) is 18.5 Å². The SMILES string of the molecule is BrCc1ccccc1OCCc1ccc2c(c1)CCO2. The van der Waals surface area contributed by atoms with E-state index in [2.05, 4.69) is 40.2 Å². The summed E-state index contributed by atoms with van der Waals surface area (Å²) in [5.74, 6) is 2.01. The Morgan fingerprint density at radius 1 is 1.15 bits per heavy atom. The quantitative estimate of drug-likeness (QED) is 0.766. The summed E-state index contributed by atoms with van der Waals surface area (Å²) in [4.78, 5) is 0. The highest BCUT2D eigenvalue weighted by Gasteiger charge is 2.11. The van der Waals surface area contributed by atoms with Gasteiger partial charge in [0.25, 0.3) is 0 Å². The molecule has 0 saturated heterocycles. The van der Waals surface area contributed by atoms with E-state index >= 15 is 0 Å². The van der Waals surface area contributed by atoms with E-state index in [0.717, 1.165) is 36.3 Å². The Morgan fingerprint density at radius 3 is 2.95 bits per heavy atom. The number of hydrogen-bond acceptors (Lipinski definition) is 2. The Balaban J connectivity index is 1.60. The number of rotatable bonds is 5. The van der Waals surface area contributed by atoms with Crippen molar-refractivity contribution in [3.05, 3.63) is 59.2 Å². The second-order valence-electron chi connectivity index (χ2n) is 4.88. The summed E-state index contributed by atoms with van der Waals surface area (Å²) in [6, 6.07) is 14.6. The van der Waals surface area contributed by atoms with E-state index in [1.165, 1.54) is 16.7 Å². The summed E-state index contributed by atoms with van der Waals surface area (Å²) in [5.41, 5.74) is 3.82. The van der Waals surface area contributed by atoms with Gasteiger partial charge in [0, 0.05) is 23.7 Å². The highest BCUT2D eigenvalue weighted by Crippen LogP contribution is 2.26. The summed E-state index contributed by atoms with van der Waals surface area (Å²) in [7, 11) is 0. The van der Waals surface area contributed by atoms with Crippen LogP contribution >= 0.6 is 15.9 Å². The Labute approximate surface area is 127 Å². The Hall–Kier alpha value is -1.48. The molecule has 2 aromatic carbocycles. The molecular formula is C17H17BrO2. The number of hydrogen-bond donors (Lipinski definition) is 0. The van der Waals surface area contributed by atoms with Crippen molar-refractivity contribution in [1.29, 1.82) is 0 Å². The van der Waals surface area contributed by atoms with Crippen LogP contribution in [0.5, 0.6) is 11.5 Å². The maximum absolute atomic E-state index is 5.89. The van der Waals surface area contributed by atoms with Crippen molar-refractivity contribution in [2.24, 2.45) is 0 Å². The van der Waals surface area contributed by atoms with Gasteiger partial charge in [0.2, 0.25) is 0 Å². The Morgan fingerprint density at radius 2 is 2.05 bits per heavy atom. The van der Waals surface area contributed by atoms with Crippen LogP contribution in [0.25, 0.3) is 0 Å². The minimum Gasteiger partial charge on any atom is -0.493 e. The molecule has 2 nitrogen and oxygen atoms in total. The number of benzene rings is 2. The molecule has 2 aromatic rings. The molecule has 0 bridgehead atoms. The molecule has 104 valence electrons. The molecule has 0 aliphatic carbocycles. The number of fused-ring (bicyclic) bond motifs is 1. The van der Waals surface area contributed by atoms with Crippen molar-refractivity contribution in [2.45, 2.75) is 18.2 Å². The molecule has 0 unspecified atom stereocenters. The van der Waals surface area contributed by atoms with Crippen LogP contribution in [0.4, 0.5) is 0 Å². The van der Waals surface area contributed by atoms with E-state index < -0.39 is 0 Å². The molecule has 3 rings (SSSR count). The largest absolute Gasteiger partial charge is 0.493 e. The van der Waals surface area contributed by atoms with Crippen LogP contribution in [0.3, 0.4) is 0 Å². The summed E-state index contributed by atoms with van der Waals surface area (Å²) in [6.07, 6.45) is 1.94. The normalized spacial score (nSPS) is 12.8. The molecule has 0 N–H and O–H groups in total. The summed E-state index contributed by atoms with van der Waals surface area (Å²) in [6.45, 7) is 1.51. The monoisotopic (exact) mass is 332 g/mol. The molecule has 0 fully saturated rings. The lowest BCUT2D eigenvalue weighted by Crippen LogP contribution is -2.03. The van der Waals surface area contributed by atoms with E-state index in [1.54, 1.807) is 0 Å². The zero-order valence-electron chi connectivity index (χ0n) is 11.3. The first kappa shape index (κ1) is 13.5. The van der Waals surface area contributed by atoms with Crippen molar-refractivity contribution >= 4 is 15.9 Å². The van der Waals surface area contributed by atoms with Crippen LogP contribution < -0.4 is 9.47 Å². The Bertz CT molecular complexity index is 595. The molecule has 0 radical (unpaired) electrons. The van der Waals surface area contributed by atoms with Gasteiger partial charge in [0.1, 0.15) is 11.5 Å². The maximum atomic E-state index is 5.89. The number of para-hydroxylation sites is 1. The average Bonchev–Trinajstić information content (AvgIpc) is 2.95. The minimum absolute atomic E-state index is 0.698. The van der Waals surface area contributed by atoms with E-state index in [4.69, 9.17) is 9.47 Å². The molecule has 20 heavy (non-hydrogen) atoms. The fourth-order valence-electron chi connectivity index (χ4n) is 2.43. The zero-order valence-corrected chi connectivity index (χ0v) is 12.9. The molecule has 0 aromatic heterocycles. The van der Waals surface area contributed by atoms with Gasteiger partial charge >= 0.3 is 0 Å². The van der Waals surface area contributed by atoms with Crippen LogP contribution in [0.15, 0.2) is 42.5 Å². The van der Waals surface area contributed by atoms with Crippen LogP contribution in [0.1, 0.15) is 16.7 Å². The summed E-state index contributed by atoms with van der Waals surface area (Å²) in [5, 5.41) is 0.819. The summed E-state index contributed by atoms with van der Waals surface area (Å²) >= 11 is 3.49. The first-order chi connectivity index (χ1) is 9.86. The van der Waals surface area contributed by atoms with Crippen LogP contribution in [0.2, 0.25) is 0 Å². The third-order valence-electron chi connectivity index (χ3n) is 3.52. The van der Waals surface area contributed by atoms with Crippen molar-refractivity contribution in [1.82, 2.24) is 0 Å². The lowest BCUT2D eigenvalue weighted by Gasteiger charge is -2.10. The molecule has 3 heteroatoms. The molecule has 1 aliphatic heterocycles. The van der Waals surface area contributed by atoms with Gasteiger partial charge in [-0.1, -0.05) is 46.3 Å². The fourth-order valence-corrected chi connectivity index (χ4v) is 2.89. The van der Waals surface area contributed by atoms with Crippen LogP contribution in [0, 0.1) is 0 Å². The highest BCUT2D eigenvalue weighted by atomic mass is 79.9. The average molecular weight is 333 g/mol. The van der Waals surface area contributed by atoms with Crippen molar-refractivity contribution in [3.8, 4) is 11.5 Å². The van der Waals surface area contributed by atoms with E-state index in [0.29, 0.717) is 6.61 Å².